The molecule has 2 N–H and O–H groups in total. The Morgan fingerprint density at radius 3 is 2.80 bits per heavy atom. The molecule has 1 saturated heterocycles. The van der Waals surface area contributed by atoms with Gasteiger partial charge in [-0.2, -0.15) is 0 Å². The highest BCUT2D eigenvalue weighted by atomic mass is 16.1. The highest BCUT2D eigenvalue weighted by Gasteiger charge is 2.42. The number of hydrogen-bond donors (Lipinski definition) is 2. The van der Waals surface area contributed by atoms with Crippen LogP contribution in [-0.4, -0.2) is 25.5 Å². The first-order valence-electron chi connectivity index (χ1n) is 6.18. The van der Waals surface area contributed by atoms with Gasteiger partial charge in [-0.3, -0.25) is 4.79 Å². The summed E-state index contributed by atoms with van der Waals surface area (Å²) in [6, 6.07) is 0. The molecule has 1 unspecified atom stereocenters. The van der Waals surface area contributed by atoms with Gasteiger partial charge < -0.3 is 10.6 Å². The number of nitrogens with one attached hydrogen (secondary N) is 2. The predicted octanol–water partition coefficient (Wildman–Crippen LogP) is 1.29. The van der Waals surface area contributed by atoms with Crippen LogP contribution in [-0.2, 0) is 4.79 Å². The van der Waals surface area contributed by atoms with E-state index in [0.717, 1.165) is 19.6 Å². The van der Waals surface area contributed by atoms with Gasteiger partial charge in [-0.15, -0.1) is 0 Å². The first-order chi connectivity index (χ1) is 7.23. The molecule has 0 aromatic heterocycles. The lowest BCUT2D eigenvalue weighted by Crippen LogP contribution is -2.39. The molecule has 1 aliphatic heterocycles. The summed E-state index contributed by atoms with van der Waals surface area (Å²) in [4.78, 5) is 10.9. The smallest absolute Gasteiger partial charge is 0.216 e. The van der Waals surface area contributed by atoms with Crippen LogP contribution >= 0.6 is 0 Å². The van der Waals surface area contributed by atoms with Gasteiger partial charge in [0, 0.05) is 26.6 Å². The number of rotatable bonds is 2. The minimum absolute atomic E-state index is 0.104. The van der Waals surface area contributed by atoms with E-state index in [1.54, 1.807) is 6.92 Å². The van der Waals surface area contributed by atoms with Crippen molar-refractivity contribution in [2.45, 2.75) is 39.0 Å². The van der Waals surface area contributed by atoms with E-state index in [2.05, 4.69) is 10.6 Å². The Labute approximate surface area is 92.0 Å². The Morgan fingerprint density at radius 2 is 2.13 bits per heavy atom. The highest BCUT2D eigenvalue weighted by molar-refractivity contribution is 5.72. The number of hydrogen-bond acceptors (Lipinski definition) is 2. The summed E-state index contributed by atoms with van der Waals surface area (Å²) in [6.45, 7) is 4.72. The van der Waals surface area contributed by atoms with Crippen molar-refractivity contribution in [1.29, 1.82) is 0 Å². The zero-order valence-corrected chi connectivity index (χ0v) is 9.64. The van der Waals surface area contributed by atoms with Crippen LogP contribution in [0.2, 0.25) is 0 Å². The number of amides is 1. The van der Waals surface area contributed by atoms with E-state index in [4.69, 9.17) is 0 Å². The average Bonchev–Trinajstić information content (AvgIpc) is 2.59. The monoisotopic (exact) mass is 210 g/mol. The molecule has 0 bridgehead atoms. The lowest BCUT2D eigenvalue weighted by Gasteiger charge is -2.38. The molecule has 1 heterocycles. The van der Waals surface area contributed by atoms with Gasteiger partial charge in [-0.05, 0) is 24.2 Å². The Hall–Kier alpha value is -0.570. The second-order valence-corrected chi connectivity index (χ2v) is 5.19. The van der Waals surface area contributed by atoms with E-state index >= 15 is 0 Å². The minimum Gasteiger partial charge on any atom is -0.356 e. The van der Waals surface area contributed by atoms with E-state index in [-0.39, 0.29) is 5.91 Å². The van der Waals surface area contributed by atoms with Crippen molar-refractivity contribution in [3.05, 3.63) is 0 Å². The standard InChI is InChI=1S/C12H22N2O/c1-10(15)14-8-11-7-13-9-12(11)5-3-2-4-6-12/h11,13H,2-9H2,1H3,(H,14,15). The number of carbonyl (C=O) groups excluding carboxylic acids is 1. The van der Waals surface area contributed by atoms with Gasteiger partial charge in [0.15, 0.2) is 0 Å². The molecule has 0 radical (unpaired) electrons. The lowest BCUT2D eigenvalue weighted by molar-refractivity contribution is -0.119. The molecule has 1 atom stereocenters. The van der Waals surface area contributed by atoms with Crippen LogP contribution in [0.5, 0.6) is 0 Å². The Balaban J connectivity index is 1.94. The molecule has 0 aromatic carbocycles. The molecule has 2 aliphatic rings. The molecule has 1 aliphatic carbocycles. The van der Waals surface area contributed by atoms with Crippen LogP contribution < -0.4 is 10.6 Å². The Morgan fingerprint density at radius 1 is 1.40 bits per heavy atom. The summed E-state index contributed by atoms with van der Waals surface area (Å²) in [5.41, 5.74) is 0.501. The first kappa shape index (κ1) is 10.9. The van der Waals surface area contributed by atoms with Crippen LogP contribution in [0.4, 0.5) is 0 Å². The fourth-order valence-corrected chi connectivity index (χ4v) is 3.25. The SMILES string of the molecule is CC(=O)NCC1CNCC12CCCCC2. The van der Waals surface area contributed by atoms with Gasteiger partial charge in [0.25, 0.3) is 0 Å². The zero-order valence-electron chi connectivity index (χ0n) is 9.64. The van der Waals surface area contributed by atoms with Crippen LogP contribution in [0.3, 0.4) is 0 Å². The van der Waals surface area contributed by atoms with Gasteiger partial charge >= 0.3 is 0 Å². The normalized spacial score (nSPS) is 29.3. The van der Waals surface area contributed by atoms with Crippen molar-refractivity contribution < 1.29 is 4.79 Å². The summed E-state index contributed by atoms with van der Waals surface area (Å²) < 4.78 is 0. The predicted molar refractivity (Wildman–Crippen MR) is 60.6 cm³/mol. The summed E-state index contributed by atoms with van der Waals surface area (Å²) in [7, 11) is 0. The third kappa shape index (κ3) is 2.33. The van der Waals surface area contributed by atoms with Gasteiger partial charge in [0.05, 0.1) is 0 Å². The topological polar surface area (TPSA) is 41.1 Å². The van der Waals surface area contributed by atoms with Gasteiger partial charge in [0.2, 0.25) is 5.91 Å². The maximum absolute atomic E-state index is 10.9. The van der Waals surface area contributed by atoms with Gasteiger partial charge in [0.1, 0.15) is 0 Å². The molecule has 1 amide bonds. The second kappa shape index (κ2) is 4.52. The maximum Gasteiger partial charge on any atom is 0.216 e. The molecule has 1 spiro atoms. The molecule has 86 valence electrons. The van der Waals surface area contributed by atoms with Crippen LogP contribution in [0.15, 0.2) is 0 Å². The number of carbonyl (C=O) groups is 1. The van der Waals surface area contributed by atoms with Crippen molar-refractivity contribution in [2.75, 3.05) is 19.6 Å². The quantitative estimate of drug-likeness (QED) is 0.721. The summed E-state index contributed by atoms with van der Waals surface area (Å²) >= 11 is 0. The van der Waals surface area contributed by atoms with E-state index in [1.807, 2.05) is 0 Å². The third-order valence-corrected chi connectivity index (χ3v) is 4.18. The second-order valence-electron chi connectivity index (χ2n) is 5.19. The highest BCUT2D eigenvalue weighted by Crippen LogP contribution is 2.44. The van der Waals surface area contributed by atoms with Crippen LogP contribution in [0.25, 0.3) is 0 Å². The van der Waals surface area contributed by atoms with Crippen molar-refractivity contribution in [3.8, 4) is 0 Å². The van der Waals surface area contributed by atoms with E-state index in [9.17, 15) is 4.79 Å². The minimum atomic E-state index is 0.104. The molecular formula is C12H22N2O. The fourth-order valence-electron chi connectivity index (χ4n) is 3.25. The lowest BCUT2D eigenvalue weighted by atomic mass is 9.68. The largest absolute Gasteiger partial charge is 0.356 e. The van der Waals surface area contributed by atoms with Crippen LogP contribution in [0.1, 0.15) is 39.0 Å². The molecular weight excluding hydrogens is 188 g/mol. The molecule has 0 aromatic rings. The summed E-state index contributed by atoms with van der Waals surface area (Å²) in [6.07, 6.45) is 6.85. The molecule has 1 saturated carbocycles. The fraction of sp³-hybridized carbons (Fsp3) is 0.917. The van der Waals surface area contributed by atoms with E-state index in [0.29, 0.717) is 11.3 Å². The Bertz CT molecular complexity index is 234. The summed E-state index contributed by atoms with van der Waals surface area (Å²) in [5.74, 6) is 0.759. The van der Waals surface area contributed by atoms with Crippen molar-refractivity contribution in [1.82, 2.24) is 10.6 Å². The summed E-state index contributed by atoms with van der Waals surface area (Å²) in [5, 5.41) is 6.49. The van der Waals surface area contributed by atoms with Gasteiger partial charge in [-0.1, -0.05) is 19.3 Å². The molecule has 15 heavy (non-hydrogen) atoms. The van der Waals surface area contributed by atoms with Gasteiger partial charge in [-0.25, -0.2) is 0 Å². The third-order valence-electron chi connectivity index (χ3n) is 4.18. The molecule has 3 heteroatoms. The van der Waals surface area contributed by atoms with Crippen LogP contribution in [0, 0.1) is 11.3 Å². The maximum atomic E-state index is 10.9. The average molecular weight is 210 g/mol. The van der Waals surface area contributed by atoms with Crippen molar-refractivity contribution in [2.24, 2.45) is 11.3 Å². The molecule has 3 nitrogen and oxygen atoms in total. The van der Waals surface area contributed by atoms with Crippen molar-refractivity contribution in [3.63, 3.8) is 0 Å². The molecule has 2 rings (SSSR count). The first-order valence-corrected chi connectivity index (χ1v) is 6.18. The van der Waals surface area contributed by atoms with Crippen molar-refractivity contribution >= 4 is 5.91 Å². The zero-order chi connectivity index (χ0) is 10.7. The van der Waals surface area contributed by atoms with E-state index in [1.165, 1.54) is 32.1 Å². The Kier molecular flexibility index (Phi) is 3.29. The van der Waals surface area contributed by atoms with E-state index < -0.39 is 0 Å². The molecule has 2 fully saturated rings.